The highest BCUT2D eigenvalue weighted by atomic mass is 35.5. The van der Waals surface area contributed by atoms with Gasteiger partial charge in [-0.25, -0.2) is 4.39 Å². The summed E-state index contributed by atoms with van der Waals surface area (Å²) >= 11 is 6.07. The molecule has 2 aromatic rings. The lowest BCUT2D eigenvalue weighted by Crippen LogP contribution is -2.38. The Kier molecular flexibility index (Phi) is 5.56. The first-order chi connectivity index (χ1) is 14.6. The van der Waals surface area contributed by atoms with Crippen LogP contribution in [-0.4, -0.2) is 36.9 Å². The Bertz CT molecular complexity index is 1100. The molecule has 0 saturated carbocycles. The van der Waals surface area contributed by atoms with Gasteiger partial charge in [0, 0.05) is 31.1 Å². The largest absolute Gasteiger partial charge is 0.415 e. The molecular formula is C24H21ClF4N2. The van der Waals surface area contributed by atoms with Crippen LogP contribution >= 0.6 is 11.6 Å². The minimum absolute atomic E-state index is 0.101. The number of alkyl halides is 3. The average molecular weight is 449 g/mol. The molecule has 4 rings (SSSR count). The maximum absolute atomic E-state index is 13.7. The third-order valence-corrected chi connectivity index (χ3v) is 6.47. The summed E-state index contributed by atoms with van der Waals surface area (Å²) in [5.41, 5.74) is 3.18. The van der Waals surface area contributed by atoms with Crippen molar-refractivity contribution in [1.82, 2.24) is 4.90 Å². The van der Waals surface area contributed by atoms with Crippen LogP contribution in [0.15, 0.2) is 65.7 Å². The fraction of sp³-hybridized carbons (Fsp3) is 0.292. The van der Waals surface area contributed by atoms with Gasteiger partial charge in [0.2, 0.25) is 0 Å². The van der Waals surface area contributed by atoms with Gasteiger partial charge in [-0.2, -0.15) is 13.2 Å². The second kappa shape index (κ2) is 7.92. The van der Waals surface area contributed by atoms with Gasteiger partial charge in [0.1, 0.15) is 5.82 Å². The second-order valence-electron chi connectivity index (χ2n) is 8.01. The SMILES string of the molecule is C=C(C=CC(=NC)c1ccc2c(c1)CN1CCC2(c2ccc(F)c(Cl)c2)C1)C(F)(F)F. The van der Waals surface area contributed by atoms with Crippen molar-refractivity contribution in [2.45, 2.75) is 24.6 Å². The second-order valence-corrected chi connectivity index (χ2v) is 8.42. The van der Waals surface area contributed by atoms with E-state index in [-0.39, 0.29) is 10.4 Å². The van der Waals surface area contributed by atoms with Gasteiger partial charge in [-0.1, -0.05) is 36.4 Å². The molecule has 2 unspecified atom stereocenters. The van der Waals surface area contributed by atoms with Crippen LogP contribution in [-0.2, 0) is 12.0 Å². The lowest BCUT2D eigenvalue weighted by atomic mass is 9.70. The monoisotopic (exact) mass is 448 g/mol. The standard InChI is InChI=1S/C24H21ClF4N2/c1-15(24(27,28)29)3-8-22(30-2)16-4-6-19-17(11-16)13-31-10-9-23(19,14-31)18-5-7-21(26)20(25)12-18/h3-8,11-12H,1,9-10,13-14H2,2H3. The Morgan fingerprint density at radius 3 is 2.65 bits per heavy atom. The molecule has 0 aliphatic carbocycles. The number of aliphatic imine (C=N–C) groups is 1. The summed E-state index contributed by atoms with van der Waals surface area (Å²) in [6.07, 6.45) is -1.30. The van der Waals surface area contributed by atoms with Crippen LogP contribution in [0.2, 0.25) is 5.02 Å². The van der Waals surface area contributed by atoms with E-state index >= 15 is 0 Å². The molecule has 0 amide bonds. The third-order valence-electron chi connectivity index (χ3n) is 6.18. The van der Waals surface area contributed by atoms with E-state index in [4.69, 9.17) is 11.6 Å². The molecule has 0 aromatic heterocycles. The minimum Gasteiger partial charge on any atom is -0.298 e. The average Bonchev–Trinajstić information content (AvgIpc) is 3.08. The molecule has 2 aliphatic rings. The van der Waals surface area contributed by atoms with E-state index in [2.05, 4.69) is 16.5 Å². The Hall–Kier alpha value is -2.44. The zero-order valence-corrected chi connectivity index (χ0v) is 17.7. The van der Waals surface area contributed by atoms with E-state index in [1.165, 1.54) is 12.1 Å². The molecule has 0 N–H and O–H groups in total. The van der Waals surface area contributed by atoms with Crippen LogP contribution < -0.4 is 0 Å². The van der Waals surface area contributed by atoms with Crippen molar-refractivity contribution in [1.29, 1.82) is 0 Å². The predicted octanol–water partition coefficient (Wildman–Crippen LogP) is 6.08. The molecule has 1 saturated heterocycles. The first-order valence-electron chi connectivity index (χ1n) is 9.87. The summed E-state index contributed by atoms with van der Waals surface area (Å²) in [4.78, 5) is 6.49. The summed E-state index contributed by atoms with van der Waals surface area (Å²) in [5.74, 6) is -0.445. The summed E-state index contributed by atoms with van der Waals surface area (Å²) in [6.45, 7) is 5.54. The number of rotatable bonds is 4. The number of nitrogens with zero attached hydrogens (tertiary/aromatic N) is 2. The van der Waals surface area contributed by atoms with Gasteiger partial charge < -0.3 is 0 Å². The Labute approximate surface area is 183 Å². The summed E-state index contributed by atoms with van der Waals surface area (Å²) in [6, 6.07) is 10.8. The van der Waals surface area contributed by atoms with Crippen LogP contribution in [0, 0.1) is 5.82 Å². The molecule has 2 atom stereocenters. The van der Waals surface area contributed by atoms with Crippen LogP contribution in [0.1, 0.15) is 28.7 Å². The van der Waals surface area contributed by atoms with Gasteiger partial charge in [-0.15, -0.1) is 0 Å². The number of hydrogen-bond donors (Lipinski definition) is 0. The van der Waals surface area contributed by atoms with Crippen LogP contribution in [0.5, 0.6) is 0 Å². The first kappa shape index (κ1) is 21.8. The van der Waals surface area contributed by atoms with Gasteiger partial charge >= 0.3 is 6.18 Å². The number of allylic oxidation sites excluding steroid dienone is 3. The summed E-state index contributed by atoms with van der Waals surface area (Å²) < 4.78 is 52.0. The molecule has 31 heavy (non-hydrogen) atoms. The molecule has 2 aromatic carbocycles. The third kappa shape index (κ3) is 3.94. The summed E-state index contributed by atoms with van der Waals surface area (Å²) in [7, 11) is 1.55. The molecule has 0 radical (unpaired) electrons. The van der Waals surface area contributed by atoms with Gasteiger partial charge in [-0.05, 0) is 65.6 Å². The molecule has 162 valence electrons. The Balaban J connectivity index is 1.72. The normalized spacial score (nSPS) is 23.3. The van der Waals surface area contributed by atoms with Crippen LogP contribution in [0.3, 0.4) is 0 Å². The Morgan fingerprint density at radius 1 is 1.19 bits per heavy atom. The van der Waals surface area contributed by atoms with Crippen molar-refractivity contribution in [3.8, 4) is 0 Å². The van der Waals surface area contributed by atoms with E-state index in [0.717, 1.165) is 54.4 Å². The molecule has 2 bridgehead atoms. The first-order valence-corrected chi connectivity index (χ1v) is 10.2. The fourth-order valence-electron chi connectivity index (χ4n) is 4.59. The topological polar surface area (TPSA) is 15.6 Å². The van der Waals surface area contributed by atoms with E-state index in [0.29, 0.717) is 5.71 Å². The van der Waals surface area contributed by atoms with Crippen molar-refractivity contribution < 1.29 is 17.6 Å². The zero-order chi connectivity index (χ0) is 22.4. The van der Waals surface area contributed by atoms with Gasteiger partial charge in [0.25, 0.3) is 0 Å². The van der Waals surface area contributed by atoms with E-state index in [1.54, 1.807) is 19.2 Å². The van der Waals surface area contributed by atoms with Crippen molar-refractivity contribution >= 4 is 17.3 Å². The molecule has 2 heterocycles. The highest BCUT2D eigenvalue weighted by Crippen LogP contribution is 2.47. The lowest BCUT2D eigenvalue weighted by Gasteiger charge is -2.37. The lowest BCUT2D eigenvalue weighted by molar-refractivity contribution is -0.0878. The summed E-state index contributed by atoms with van der Waals surface area (Å²) in [5, 5.41) is 0.101. The molecule has 0 spiro atoms. The highest BCUT2D eigenvalue weighted by Gasteiger charge is 2.46. The van der Waals surface area contributed by atoms with Crippen molar-refractivity contribution in [3.63, 3.8) is 0 Å². The van der Waals surface area contributed by atoms with Gasteiger partial charge in [0.15, 0.2) is 0 Å². The molecule has 1 fully saturated rings. The number of fused-ring (bicyclic) bond motifs is 4. The van der Waals surface area contributed by atoms with Gasteiger partial charge in [-0.3, -0.25) is 9.89 Å². The van der Waals surface area contributed by atoms with Crippen molar-refractivity contribution in [2.24, 2.45) is 4.99 Å². The molecular weight excluding hydrogens is 428 g/mol. The predicted molar refractivity (Wildman–Crippen MR) is 115 cm³/mol. The van der Waals surface area contributed by atoms with E-state index in [9.17, 15) is 17.6 Å². The number of halogens is 5. The van der Waals surface area contributed by atoms with Gasteiger partial charge in [0.05, 0.1) is 10.7 Å². The molecule has 7 heteroatoms. The van der Waals surface area contributed by atoms with E-state index in [1.807, 2.05) is 18.2 Å². The molecule has 2 aliphatic heterocycles. The smallest absolute Gasteiger partial charge is 0.298 e. The fourth-order valence-corrected chi connectivity index (χ4v) is 4.77. The molecule has 2 nitrogen and oxygen atoms in total. The maximum Gasteiger partial charge on any atom is 0.415 e. The quantitative estimate of drug-likeness (QED) is 0.314. The van der Waals surface area contributed by atoms with Crippen LogP contribution in [0.25, 0.3) is 0 Å². The van der Waals surface area contributed by atoms with E-state index < -0.39 is 17.6 Å². The highest BCUT2D eigenvalue weighted by molar-refractivity contribution is 6.30. The van der Waals surface area contributed by atoms with Crippen LogP contribution in [0.4, 0.5) is 17.6 Å². The number of benzene rings is 2. The Morgan fingerprint density at radius 2 is 1.97 bits per heavy atom. The van der Waals surface area contributed by atoms with Crippen molar-refractivity contribution in [3.05, 3.63) is 93.8 Å². The minimum atomic E-state index is -4.47. The maximum atomic E-state index is 13.7. The van der Waals surface area contributed by atoms with Crippen molar-refractivity contribution in [2.75, 3.05) is 20.1 Å². The zero-order valence-electron chi connectivity index (χ0n) is 16.9. The number of hydrogen-bond acceptors (Lipinski definition) is 2.